The van der Waals surface area contributed by atoms with Gasteiger partial charge >= 0.3 is 5.97 Å². The first kappa shape index (κ1) is 23.0. The number of rotatable bonds is 7. The van der Waals surface area contributed by atoms with Crippen LogP contribution < -0.4 is 4.74 Å². The zero-order valence-corrected chi connectivity index (χ0v) is 16.8. The molecule has 0 aromatic heterocycles. The van der Waals surface area contributed by atoms with Crippen LogP contribution in [0.5, 0.6) is 23.0 Å². The van der Waals surface area contributed by atoms with Crippen LogP contribution in [0.4, 0.5) is 19.4 Å². The van der Waals surface area contributed by atoms with Gasteiger partial charge in [-0.25, -0.2) is 4.79 Å². The highest BCUT2D eigenvalue weighted by atomic mass is 32.2. The zero-order valence-electron chi connectivity index (χ0n) is 12.7. The van der Waals surface area contributed by atoms with E-state index in [1.807, 2.05) is 0 Å². The summed E-state index contributed by atoms with van der Waals surface area (Å²) in [5, 5.41) is 28.1. The van der Waals surface area contributed by atoms with Gasteiger partial charge in [0.05, 0.1) is 81.0 Å². The second-order valence-electron chi connectivity index (χ2n) is 4.61. The number of carbonyl (C=O) groups excluding carboxylic acids is 1. The van der Waals surface area contributed by atoms with E-state index in [0.29, 0.717) is 12.1 Å². The monoisotopic (exact) mass is 496 g/mol. The van der Waals surface area contributed by atoms with Crippen LogP contribution in [0.15, 0.2) is 36.6 Å². The molecule has 0 saturated heterocycles. The van der Waals surface area contributed by atoms with E-state index in [9.17, 15) is 39.5 Å². The smallest absolute Gasteiger partial charge is 0.343 e. The van der Waals surface area contributed by atoms with Crippen LogP contribution in [0, 0.1) is 0 Å². The van der Waals surface area contributed by atoms with Gasteiger partial charge in [0.2, 0.25) is 0 Å². The van der Waals surface area contributed by atoms with Crippen molar-refractivity contribution in [3.8, 4) is 23.0 Å². The summed E-state index contributed by atoms with van der Waals surface area (Å²) in [6.07, 6.45) is 0. The molecular formula is C13H5F5O5S5. The average molecular weight is 497 g/mol. The Labute approximate surface area is 175 Å². The fraction of sp³-hybridized carbons (Fsp3) is 0. The number of aromatic hydroxyl groups is 3. The average Bonchev–Trinajstić information content (AvgIpc) is 2.69. The molecule has 0 atom stereocenters. The fourth-order valence-corrected chi connectivity index (χ4v) is 4.74. The number of ether oxygens (including phenoxy) is 1. The predicted molar refractivity (Wildman–Crippen MR) is 97.7 cm³/mol. The topological polar surface area (TPSA) is 87.0 Å². The molecule has 2 aromatic carbocycles. The molecule has 0 saturated carbocycles. The molecule has 0 fully saturated rings. The highest BCUT2D eigenvalue weighted by Gasteiger charge is 2.31. The number of hydrogen-bond donors (Lipinski definition) is 3. The van der Waals surface area contributed by atoms with E-state index >= 15 is 0 Å². The molecule has 5 nitrogen and oxygen atoms in total. The Bertz CT molecular complexity index is 860. The Hall–Kier alpha value is -1.29. The summed E-state index contributed by atoms with van der Waals surface area (Å²) in [6.45, 7) is 0. The number of esters is 1. The summed E-state index contributed by atoms with van der Waals surface area (Å²) >= 11 is -3.40. The van der Waals surface area contributed by atoms with Gasteiger partial charge in [-0.1, -0.05) is 0 Å². The molecule has 0 aliphatic carbocycles. The van der Waals surface area contributed by atoms with Gasteiger partial charge in [0.15, 0.2) is 23.0 Å². The van der Waals surface area contributed by atoms with Crippen LogP contribution in [0.2, 0.25) is 0 Å². The van der Waals surface area contributed by atoms with Crippen molar-refractivity contribution in [2.45, 2.75) is 24.5 Å². The van der Waals surface area contributed by atoms with Crippen molar-refractivity contribution in [1.82, 2.24) is 0 Å². The third-order valence-corrected chi connectivity index (χ3v) is 6.42. The van der Waals surface area contributed by atoms with E-state index in [-0.39, 0.29) is 0 Å². The van der Waals surface area contributed by atoms with Crippen molar-refractivity contribution < 1.29 is 44.3 Å². The van der Waals surface area contributed by atoms with E-state index in [2.05, 4.69) is 0 Å². The molecule has 0 aliphatic heterocycles. The minimum absolute atomic E-state index is 0.565. The molecule has 15 heteroatoms. The number of benzene rings is 2. The number of carbonyl (C=O) groups is 1. The molecule has 2 aromatic rings. The van der Waals surface area contributed by atoms with E-state index in [1.54, 1.807) is 0 Å². The summed E-state index contributed by atoms with van der Waals surface area (Å²) in [7, 11) is 0. The Kier molecular flexibility index (Phi) is 8.18. The van der Waals surface area contributed by atoms with Crippen molar-refractivity contribution in [3.63, 3.8) is 0 Å². The Morgan fingerprint density at radius 3 is 1.43 bits per heavy atom. The Morgan fingerprint density at radius 2 is 1.07 bits per heavy atom. The number of hydrogen-bond acceptors (Lipinski definition) is 10. The highest BCUT2D eigenvalue weighted by molar-refractivity contribution is 8.00. The highest BCUT2D eigenvalue weighted by Crippen LogP contribution is 2.55. The second kappa shape index (κ2) is 9.96. The fourth-order valence-electron chi connectivity index (χ4n) is 1.94. The van der Waals surface area contributed by atoms with Crippen LogP contribution in [0.3, 0.4) is 0 Å². The van der Waals surface area contributed by atoms with Crippen LogP contribution in [0.25, 0.3) is 0 Å². The van der Waals surface area contributed by atoms with Gasteiger partial charge in [-0.05, 0) is 12.1 Å². The quantitative estimate of drug-likeness (QED) is 0.163. The number of phenols is 3. The van der Waals surface area contributed by atoms with Crippen molar-refractivity contribution in [3.05, 3.63) is 17.7 Å². The molecule has 3 N–H and O–H groups in total. The van der Waals surface area contributed by atoms with E-state index in [0.717, 1.165) is 0 Å². The third kappa shape index (κ3) is 4.32. The largest absolute Gasteiger partial charge is 0.504 e. The van der Waals surface area contributed by atoms with Crippen molar-refractivity contribution in [1.29, 1.82) is 0 Å². The molecule has 0 bridgehead atoms. The standard InChI is InChI=1S/C13H5F5O5S5/c14-24-8-7(9(25-15)11(27-17)12(28-18)10(8)26-16)23-13(22)3-1-4(19)6(21)5(20)2-3/h1-2,19-21H. The Balaban J connectivity index is 2.65. The molecule has 0 radical (unpaired) electrons. The normalized spacial score (nSPS) is 10.9. The molecule has 0 amide bonds. The lowest BCUT2D eigenvalue weighted by Gasteiger charge is -2.17. The van der Waals surface area contributed by atoms with Gasteiger partial charge in [-0.3, -0.25) is 0 Å². The number of halogens is 5. The van der Waals surface area contributed by atoms with Crippen LogP contribution in [0.1, 0.15) is 10.4 Å². The van der Waals surface area contributed by atoms with E-state index in [1.165, 1.54) is 0 Å². The lowest BCUT2D eigenvalue weighted by Crippen LogP contribution is -2.10. The SMILES string of the molecule is O=C(Oc1c(SF)c(SF)c(SF)c(SF)c1SF)c1cc(O)c(O)c(O)c1. The second-order valence-corrected chi connectivity index (χ2v) is 7.43. The molecule has 0 heterocycles. The first-order chi connectivity index (χ1) is 13.3. The molecule has 0 spiro atoms. The van der Waals surface area contributed by atoms with Gasteiger partial charge in [0.1, 0.15) is 9.79 Å². The lowest BCUT2D eigenvalue weighted by atomic mass is 10.2. The maximum absolute atomic E-state index is 13.4. The summed E-state index contributed by atoms with van der Waals surface area (Å²) in [4.78, 5) is 8.28. The van der Waals surface area contributed by atoms with E-state index < -0.39 is 120 Å². The van der Waals surface area contributed by atoms with E-state index in [4.69, 9.17) is 4.74 Å². The molecule has 0 aliphatic rings. The van der Waals surface area contributed by atoms with Crippen molar-refractivity contribution >= 4 is 66.7 Å². The van der Waals surface area contributed by atoms with Crippen LogP contribution >= 0.6 is 60.7 Å². The minimum atomic E-state index is -1.40. The summed E-state index contributed by atoms with van der Waals surface area (Å²) < 4.78 is 71.3. The van der Waals surface area contributed by atoms with Crippen molar-refractivity contribution in [2.75, 3.05) is 0 Å². The zero-order chi connectivity index (χ0) is 21.0. The number of phenolic OH excluding ortho intramolecular Hbond substituents is 3. The van der Waals surface area contributed by atoms with Gasteiger partial charge in [0.25, 0.3) is 0 Å². The first-order valence-electron chi connectivity index (χ1n) is 6.48. The molecule has 2 rings (SSSR count). The van der Waals surface area contributed by atoms with Gasteiger partial charge < -0.3 is 20.1 Å². The van der Waals surface area contributed by atoms with Crippen LogP contribution in [-0.2, 0) is 0 Å². The summed E-state index contributed by atoms with van der Waals surface area (Å²) in [5.41, 5.74) is -0.565. The molecule has 28 heavy (non-hydrogen) atoms. The van der Waals surface area contributed by atoms with Gasteiger partial charge in [-0.15, -0.1) is 0 Å². The third-order valence-electron chi connectivity index (χ3n) is 3.12. The molecule has 0 unspecified atom stereocenters. The summed E-state index contributed by atoms with van der Waals surface area (Å²) in [6, 6.07) is 1.34. The van der Waals surface area contributed by atoms with Crippen LogP contribution in [-0.4, -0.2) is 21.3 Å². The lowest BCUT2D eigenvalue weighted by molar-refractivity contribution is 0.0722. The van der Waals surface area contributed by atoms with Gasteiger partial charge in [-0.2, -0.15) is 19.4 Å². The predicted octanol–water partition coefficient (Wildman–Crippen LogP) is 6.91. The maximum Gasteiger partial charge on any atom is 0.343 e. The Morgan fingerprint density at radius 1 is 0.714 bits per heavy atom. The maximum atomic E-state index is 13.4. The minimum Gasteiger partial charge on any atom is -0.504 e. The first-order valence-corrected chi connectivity index (χ1v) is 10.1. The molecule has 152 valence electrons. The summed E-state index contributed by atoms with van der Waals surface area (Å²) in [5.74, 6) is -5.09. The van der Waals surface area contributed by atoms with Crippen molar-refractivity contribution in [2.24, 2.45) is 0 Å². The molecular weight excluding hydrogens is 491 g/mol. The van der Waals surface area contributed by atoms with Gasteiger partial charge in [0, 0.05) is 0 Å².